The van der Waals surface area contributed by atoms with Gasteiger partial charge in [0.2, 0.25) is 5.91 Å². The molecule has 2 aromatic rings. The van der Waals surface area contributed by atoms with Crippen molar-refractivity contribution >= 4 is 5.91 Å². The molecule has 0 bridgehead atoms. The van der Waals surface area contributed by atoms with Gasteiger partial charge in [-0.2, -0.15) is 0 Å². The number of phenolic OH excluding ortho intramolecular Hbond substituents is 1. The van der Waals surface area contributed by atoms with E-state index in [1.54, 1.807) is 12.1 Å². The number of benzene rings is 2. The topological polar surface area (TPSA) is 69.6 Å². The molecule has 0 saturated heterocycles. The van der Waals surface area contributed by atoms with E-state index in [1.165, 1.54) is 30.3 Å². The molecule has 1 aliphatic carbocycles. The highest BCUT2D eigenvalue weighted by molar-refractivity contribution is 5.83. The number of phenols is 1. The van der Waals surface area contributed by atoms with Crippen molar-refractivity contribution in [3.8, 4) is 5.75 Å². The van der Waals surface area contributed by atoms with Gasteiger partial charge >= 0.3 is 0 Å². The Bertz CT molecular complexity index is 744. The summed E-state index contributed by atoms with van der Waals surface area (Å²) in [7, 11) is 0. The third-order valence-electron chi connectivity index (χ3n) is 4.48. The molecule has 4 nitrogen and oxygen atoms in total. The lowest BCUT2D eigenvalue weighted by Crippen LogP contribution is -2.40. The first kappa shape index (κ1) is 17.4. The number of aromatic hydroxyl groups is 1. The number of nitrogens with one attached hydrogen (secondary N) is 1. The van der Waals surface area contributed by atoms with Gasteiger partial charge in [0, 0.05) is 17.4 Å². The summed E-state index contributed by atoms with van der Waals surface area (Å²) >= 11 is 0. The van der Waals surface area contributed by atoms with Gasteiger partial charge in [-0.15, -0.1) is 0 Å². The molecule has 3 rings (SSSR count). The van der Waals surface area contributed by atoms with Gasteiger partial charge < -0.3 is 15.5 Å². The third kappa shape index (κ3) is 3.96. The van der Waals surface area contributed by atoms with E-state index >= 15 is 0 Å². The molecule has 132 valence electrons. The fraction of sp³-hybridized carbons (Fsp3) is 0.316. The Morgan fingerprint density at radius 1 is 1.16 bits per heavy atom. The van der Waals surface area contributed by atoms with E-state index in [0.717, 1.165) is 5.56 Å². The molecule has 0 aromatic heterocycles. The van der Waals surface area contributed by atoms with E-state index in [-0.39, 0.29) is 23.8 Å². The van der Waals surface area contributed by atoms with Crippen molar-refractivity contribution in [1.29, 1.82) is 0 Å². The fourth-order valence-corrected chi connectivity index (χ4v) is 3.05. The maximum absolute atomic E-state index is 13.8. The van der Waals surface area contributed by atoms with Crippen LogP contribution in [0.3, 0.4) is 0 Å². The first-order valence-corrected chi connectivity index (χ1v) is 8.12. The minimum atomic E-state index is -0.636. The molecule has 1 amide bonds. The van der Waals surface area contributed by atoms with Gasteiger partial charge in [0.25, 0.3) is 0 Å². The second-order valence-corrected chi connectivity index (χ2v) is 6.34. The van der Waals surface area contributed by atoms with Crippen molar-refractivity contribution in [2.45, 2.75) is 24.8 Å². The maximum Gasteiger partial charge on any atom is 0.224 e. The van der Waals surface area contributed by atoms with Crippen LogP contribution in [-0.4, -0.2) is 28.8 Å². The SMILES string of the molecule is O=C(N[C@H](CO)Cc1ccc(O)cc1)C1CC1c1c(F)cccc1F. The molecule has 0 aliphatic heterocycles. The number of rotatable bonds is 6. The summed E-state index contributed by atoms with van der Waals surface area (Å²) in [5, 5.41) is 21.5. The average molecular weight is 347 g/mol. The van der Waals surface area contributed by atoms with E-state index in [0.29, 0.717) is 12.8 Å². The Morgan fingerprint density at radius 3 is 2.40 bits per heavy atom. The summed E-state index contributed by atoms with van der Waals surface area (Å²) in [5.41, 5.74) is 0.811. The van der Waals surface area contributed by atoms with Crippen molar-refractivity contribution in [3.05, 3.63) is 65.2 Å². The number of amides is 1. The Balaban J connectivity index is 1.61. The number of carbonyl (C=O) groups excluding carboxylic acids is 1. The van der Waals surface area contributed by atoms with Gasteiger partial charge in [-0.25, -0.2) is 8.78 Å². The van der Waals surface area contributed by atoms with Gasteiger partial charge in [0.1, 0.15) is 17.4 Å². The second kappa shape index (κ2) is 7.19. The summed E-state index contributed by atoms with van der Waals surface area (Å²) in [4.78, 5) is 12.3. The smallest absolute Gasteiger partial charge is 0.224 e. The third-order valence-corrected chi connectivity index (χ3v) is 4.48. The van der Waals surface area contributed by atoms with Crippen LogP contribution >= 0.6 is 0 Å². The molecular weight excluding hydrogens is 328 g/mol. The quantitative estimate of drug-likeness (QED) is 0.752. The minimum absolute atomic E-state index is 0.0401. The van der Waals surface area contributed by atoms with E-state index in [4.69, 9.17) is 0 Å². The fourth-order valence-electron chi connectivity index (χ4n) is 3.05. The summed E-state index contributed by atoms with van der Waals surface area (Å²) in [6, 6.07) is 9.65. The van der Waals surface area contributed by atoms with E-state index < -0.39 is 29.5 Å². The predicted octanol–water partition coefficient (Wildman–Crippen LogP) is 2.49. The van der Waals surface area contributed by atoms with Gasteiger partial charge in [0.15, 0.2) is 0 Å². The maximum atomic E-state index is 13.8. The number of aliphatic hydroxyl groups excluding tert-OH is 1. The monoisotopic (exact) mass is 347 g/mol. The molecule has 1 fully saturated rings. The van der Waals surface area contributed by atoms with Crippen LogP contribution in [0.15, 0.2) is 42.5 Å². The lowest BCUT2D eigenvalue weighted by molar-refractivity contribution is -0.123. The Labute approximate surface area is 144 Å². The van der Waals surface area contributed by atoms with Gasteiger partial charge in [0.05, 0.1) is 12.6 Å². The highest BCUT2D eigenvalue weighted by Crippen LogP contribution is 2.49. The molecule has 6 heteroatoms. The highest BCUT2D eigenvalue weighted by atomic mass is 19.1. The van der Waals surface area contributed by atoms with Gasteiger partial charge in [-0.05, 0) is 42.7 Å². The predicted molar refractivity (Wildman–Crippen MR) is 88.0 cm³/mol. The normalized spacial score (nSPS) is 20.1. The number of halogens is 2. The Hall–Kier alpha value is -2.47. The van der Waals surface area contributed by atoms with Crippen molar-refractivity contribution in [1.82, 2.24) is 5.32 Å². The van der Waals surface area contributed by atoms with Crippen LogP contribution in [0.1, 0.15) is 23.5 Å². The Kier molecular flexibility index (Phi) is 4.99. The number of aliphatic hydroxyl groups is 1. The molecule has 2 aromatic carbocycles. The highest BCUT2D eigenvalue weighted by Gasteiger charge is 2.46. The van der Waals surface area contributed by atoms with Crippen LogP contribution in [-0.2, 0) is 11.2 Å². The molecule has 1 aliphatic rings. The summed E-state index contributed by atoms with van der Waals surface area (Å²) in [6.45, 7) is -0.252. The average Bonchev–Trinajstić information content (AvgIpc) is 3.36. The molecule has 0 spiro atoms. The molecule has 2 unspecified atom stereocenters. The lowest BCUT2D eigenvalue weighted by atomic mass is 10.0. The van der Waals surface area contributed by atoms with Crippen LogP contribution < -0.4 is 5.32 Å². The van der Waals surface area contributed by atoms with Gasteiger partial charge in [-0.1, -0.05) is 18.2 Å². The molecule has 3 atom stereocenters. The molecule has 0 heterocycles. The van der Waals surface area contributed by atoms with Crippen LogP contribution in [0.5, 0.6) is 5.75 Å². The summed E-state index contributed by atoms with van der Waals surface area (Å²) in [5.74, 6) is -2.40. The number of hydrogen-bond acceptors (Lipinski definition) is 3. The Morgan fingerprint density at radius 2 is 1.80 bits per heavy atom. The summed E-state index contributed by atoms with van der Waals surface area (Å²) in [6.07, 6.45) is 0.787. The zero-order valence-corrected chi connectivity index (χ0v) is 13.5. The van der Waals surface area contributed by atoms with Crippen LogP contribution in [0.2, 0.25) is 0 Å². The van der Waals surface area contributed by atoms with Crippen molar-refractivity contribution < 1.29 is 23.8 Å². The zero-order chi connectivity index (χ0) is 18.0. The first-order chi connectivity index (χ1) is 12.0. The second-order valence-electron chi connectivity index (χ2n) is 6.34. The van der Waals surface area contributed by atoms with Crippen LogP contribution in [0, 0.1) is 17.6 Å². The van der Waals surface area contributed by atoms with Crippen molar-refractivity contribution in [2.75, 3.05) is 6.61 Å². The molecule has 0 radical (unpaired) electrons. The van der Waals surface area contributed by atoms with Crippen LogP contribution in [0.4, 0.5) is 8.78 Å². The zero-order valence-electron chi connectivity index (χ0n) is 13.5. The molecular formula is C19H19F2NO3. The van der Waals surface area contributed by atoms with E-state index in [1.807, 2.05) is 0 Å². The number of carbonyl (C=O) groups is 1. The van der Waals surface area contributed by atoms with E-state index in [9.17, 15) is 23.8 Å². The summed E-state index contributed by atoms with van der Waals surface area (Å²) < 4.78 is 27.6. The minimum Gasteiger partial charge on any atom is -0.508 e. The standard InChI is InChI=1S/C19H19F2NO3/c20-16-2-1-3-17(21)18(16)14-9-15(14)19(25)22-12(10-23)8-11-4-6-13(24)7-5-11/h1-7,12,14-15,23-24H,8-10H2,(H,22,25)/t12-,14?,15?/m0/s1. The lowest BCUT2D eigenvalue weighted by Gasteiger charge is -2.16. The number of hydrogen-bond donors (Lipinski definition) is 3. The first-order valence-electron chi connectivity index (χ1n) is 8.12. The van der Waals surface area contributed by atoms with Crippen LogP contribution in [0.25, 0.3) is 0 Å². The van der Waals surface area contributed by atoms with Crippen molar-refractivity contribution in [3.63, 3.8) is 0 Å². The van der Waals surface area contributed by atoms with Gasteiger partial charge in [-0.3, -0.25) is 4.79 Å². The molecule has 3 N–H and O–H groups in total. The largest absolute Gasteiger partial charge is 0.508 e. The molecule has 1 saturated carbocycles. The van der Waals surface area contributed by atoms with Crippen molar-refractivity contribution in [2.24, 2.45) is 5.92 Å². The van der Waals surface area contributed by atoms with E-state index in [2.05, 4.69) is 5.32 Å². The molecule has 25 heavy (non-hydrogen) atoms.